The van der Waals surface area contributed by atoms with Gasteiger partial charge in [-0.3, -0.25) is 4.79 Å². The standard InChI is InChI=1S/C21H33N3O3S/c1-15-9-10-19(28(26,27)23(3)4)13-20(15)22-21(25)16(2)24-12-11-17-7-5-6-8-18(17)14-24/h9-10,13,16-18H,5-8,11-12,14H2,1-4H3,(H,22,25)/p+1/t16-,17+,18-/m1/s1. The lowest BCUT2D eigenvalue weighted by Gasteiger charge is -2.40. The van der Waals surface area contributed by atoms with Gasteiger partial charge in [-0.15, -0.1) is 0 Å². The van der Waals surface area contributed by atoms with Crippen molar-refractivity contribution in [1.82, 2.24) is 4.31 Å². The largest absolute Gasteiger partial charge is 0.325 e. The molecular formula is C21H34N3O3S+. The van der Waals surface area contributed by atoms with Gasteiger partial charge in [-0.05, 0) is 56.7 Å². The average molecular weight is 409 g/mol. The minimum Gasteiger partial charge on any atom is -0.325 e. The normalized spacial score (nSPS) is 26.5. The second-order valence-electron chi connectivity index (χ2n) is 8.68. The lowest BCUT2D eigenvalue weighted by Crippen LogP contribution is -3.18. The van der Waals surface area contributed by atoms with E-state index in [1.165, 1.54) is 55.4 Å². The monoisotopic (exact) mass is 408 g/mol. The Bertz CT molecular complexity index is 822. The fourth-order valence-electron chi connectivity index (χ4n) is 4.67. The first-order valence-electron chi connectivity index (χ1n) is 10.4. The van der Waals surface area contributed by atoms with Crippen molar-refractivity contribution in [2.75, 3.05) is 32.5 Å². The molecule has 1 aromatic carbocycles. The van der Waals surface area contributed by atoms with Gasteiger partial charge in [0.25, 0.3) is 5.91 Å². The summed E-state index contributed by atoms with van der Waals surface area (Å²) in [7, 11) is -0.514. The van der Waals surface area contributed by atoms with E-state index in [0.717, 1.165) is 30.5 Å². The van der Waals surface area contributed by atoms with Gasteiger partial charge in [0.1, 0.15) is 0 Å². The molecule has 1 saturated carbocycles. The number of hydrogen-bond acceptors (Lipinski definition) is 3. The summed E-state index contributed by atoms with van der Waals surface area (Å²) in [5.74, 6) is 1.57. The fraction of sp³-hybridized carbons (Fsp3) is 0.667. The van der Waals surface area contributed by atoms with Gasteiger partial charge >= 0.3 is 0 Å². The van der Waals surface area contributed by atoms with Gasteiger partial charge in [-0.2, -0.15) is 0 Å². The number of nitrogens with zero attached hydrogens (tertiary/aromatic N) is 1. The third-order valence-electron chi connectivity index (χ3n) is 6.68. The van der Waals surface area contributed by atoms with Crippen molar-refractivity contribution in [3.63, 3.8) is 0 Å². The molecule has 4 atom stereocenters. The first-order chi connectivity index (χ1) is 13.2. The minimum atomic E-state index is -3.53. The number of carbonyl (C=O) groups excluding carboxylic acids is 1. The Labute approximate surface area is 169 Å². The highest BCUT2D eigenvalue weighted by atomic mass is 32.2. The maximum atomic E-state index is 12.9. The van der Waals surface area contributed by atoms with Crippen LogP contribution in [0.1, 0.15) is 44.6 Å². The summed E-state index contributed by atoms with van der Waals surface area (Å²) in [6.07, 6.45) is 6.55. The highest BCUT2D eigenvalue weighted by Gasteiger charge is 2.37. The second kappa shape index (κ2) is 8.51. The molecule has 2 aliphatic rings. The summed E-state index contributed by atoms with van der Waals surface area (Å²) in [5.41, 5.74) is 1.44. The molecule has 1 unspecified atom stereocenters. The number of sulfonamides is 1. The molecule has 7 heteroatoms. The molecule has 2 fully saturated rings. The van der Waals surface area contributed by atoms with Crippen LogP contribution in [0, 0.1) is 18.8 Å². The van der Waals surface area contributed by atoms with Crippen LogP contribution in [-0.4, -0.2) is 51.9 Å². The summed E-state index contributed by atoms with van der Waals surface area (Å²) < 4.78 is 26.0. The molecule has 0 aromatic heterocycles. The maximum Gasteiger partial charge on any atom is 0.282 e. The summed E-state index contributed by atoms with van der Waals surface area (Å²) in [4.78, 5) is 14.5. The van der Waals surface area contributed by atoms with E-state index in [0.29, 0.717) is 5.69 Å². The predicted octanol–water partition coefficient (Wildman–Crippen LogP) is 1.67. The van der Waals surface area contributed by atoms with Gasteiger partial charge in [-0.1, -0.05) is 18.9 Å². The van der Waals surface area contributed by atoms with Crippen LogP contribution in [0.5, 0.6) is 0 Å². The van der Waals surface area contributed by atoms with Crippen LogP contribution in [0.25, 0.3) is 0 Å². The van der Waals surface area contributed by atoms with Gasteiger partial charge in [-0.25, -0.2) is 12.7 Å². The van der Waals surface area contributed by atoms with E-state index in [1.807, 2.05) is 13.8 Å². The number of aryl methyl sites for hydroxylation is 1. The Balaban J connectivity index is 1.70. The molecule has 1 aliphatic heterocycles. The Morgan fingerprint density at radius 2 is 1.86 bits per heavy atom. The van der Waals surface area contributed by atoms with E-state index in [9.17, 15) is 13.2 Å². The van der Waals surface area contributed by atoms with Crippen molar-refractivity contribution in [3.05, 3.63) is 23.8 Å². The number of likely N-dealkylation sites (tertiary alicyclic amines) is 1. The van der Waals surface area contributed by atoms with Crippen molar-refractivity contribution < 1.29 is 18.1 Å². The van der Waals surface area contributed by atoms with Gasteiger partial charge in [0.05, 0.1) is 18.0 Å². The van der Waals surface area contributed by atoms with Gasteiger partial charge in [0.15, 0.2) is 6.04 Å². The molecule has 2 N–H and O–H groups in total. The average Bonchev–Trinajstić information content (AvgIpc) is 2.68. The van der Waals surface area contributed by atoms with Crippen LogP contribution in [0.15, 0.2) is 23.1 Å². The summed E-state index contributed by atoms with van der Waals surface area (Å²) >= 11 is 0. The number of nitrogens with one attached hydrogen (secondary N) is 2. The van der Waals surface area contributed by atoms with Crippen LogP contribution < -0.4 is 10.2 Å². The third-order valence-corrected chi connectivity index (χ3v) is 8.49. The highest BCUT2D eigenvalue weighted by molar-refractivity contribution is 7.89. The van der Waals surface area contributed by atoms with Crippen molar-refractivity contribution in [2.24, 2.45) is 11.8 Å². The Kier molecular flexibility index (Phi) is 6.47. The number of carbonyl (C=O) groups is 1. The minimum absolute atomic E-state index is 0.0354. The summed E-state index contributed by atoms with van der Waals surface area (Å²) in [6, 6.07) is 4.76. The maximum absolute atomic E-state index is 12.9. The first kappa shape index (κ1) is 21.3. The topological polar surface area (TPSA) is 70.9 Å². The lowest BCUT2D eigenvalue weighted by atomic mass is 9.75. The van der Waals surface area contributed by atoms with Crippen LogP contribution in [0.4, 0.5) is 5.69 Å². The Morgan fingerprint density at radius 1 is 1.18 bits per heavy atom. The van der Waals surface area contributed by atoms with Gasteiger partial charge in [0, 0.05) is 25.7 Å². The van der Waals surface area contributed by atoms with Gasteiger partial charge in [0.2, 0.25) is 10.0 Å². The first-order valence-corrected chi connectivity index (χ1v) is 11.8. The number of rotatable bonds is 5. The number of amides is 1. The van der Waals surface area contributed by atoms with Crippen LogP contribution >= 0.6 is 0 Å². The third kappa shape index (κ3) is 4.42. The molecular weight excluding hydrogens is 374 g/mol. The smallest absolute Gasteiger partial charge is 0.282 e. The number of hydrogen-bond donors (Lipinski definition) is 2. The molecule has 28 heavy (non-hydrogen) atoms. The number of piperidine rings is 1. The Hall–Kier alpha value is -1.44. The molecule has 156 valence electrons. The van der Waals surface area contributed by atoms with Crippen LogP contribution in [0.2, 0.25) is 0 Å². The van der Waals surface area contributed by atoms with Crippen molar-refractivity contribution >= 4 is 21.6 Å². The molecule has 1 amide bonds. The lowest BCUT2D eigenvalue weighted by molar-refractivity contribution is -0.924. The molecule has 0 spiro atoms. The van der Waals surface area contributed by atoms with Crippen molar-refractivity contribution in [2.45, 2.75) is 56.9 Å². The van der Waals surface area contributed by atoms with Crippen molar-refractivity contribution in [3.8, 4) is 0 Å². The van der Waals surface area contributed by atoms with E-state index >= 15 is 0 Å². The van der Waals surface area contributed by atoms with Gasteiger partial charge < -0.3 is 10.2 Å². The van der Waals surface area contributed by atoms with E-state index in [2.05, 4.69) is 5.32 Å². The van der Waals surface area contributed by atoms with Crippen molar-refractivity contribution in [1.29, 1.82) is 0 Å². The molecule has 3 rings (SSSR count). The van der Waals surface area contributed by atoms with E-state index in [1.54, 1.807) is 18.2 Å². The molecule has 0 radical (unpaired) electrons. The second-order valence-corrected chi connectivity index (χ2v) is 10.8. The molecule has 0 bridgehead atoms. The molecule has 1 aromatic rings. The van der Waals surface area contributed by atoms with Crippen LogP contribution in [0.3, 0.4) is 0 Å². The zero-order chi connectivity index (χ0) is 20.5. The molecule has 1 saturated heterocycles. The summed E-state index contributed by atoms with van der Waals surface area (Å²) in [5, 5.41) is 2.99. The predicted molar refractivity (Wildman–Crippen MR) is 111 cm³/mol. The summed E-state index contributed by atoms with van der Waals surface area (Å²) in [6.45, 7) is 5.99. The number of quaternary nitrogens is 1. The van der Waals surface area contributed by atoms with E-state index in [4.69, 9.17) is 0 Å². The SMILES string of the molecule is Cc1ccc(S(=O)(=O)N(C)C)cc1NC(=O)[C@@H](C)[NH+]1CC[C@@H]2CCCC[C@@H]2C1. The highest BCUT2D eigenvalue weighted by Crippen LogP contribution is 2.32. The Morgan fingerprint density at radius 3 is 2.54 bits per heavy atom. The van der Waals surface area contributed by atoms with E-state index in [-0.39, 0.29) is 16.8 Å². The van der Waals surface area contributed by atoms with Crippen LogP contribution in [-0.2, 0) is 14.8 Å². The molecule has 6 nitrogen and oxygen atoms in total. The molecule has 1 heterocycles. The zero-order valence-corrected chi connectivity index (χ0v) is 18.3. The number of anilines is 1. The quantitative estimate of drug-likeness (QED) is 0.779. The number of benzene rings is 1. The molecule has 1 aliphatic carbocycles. The zero-order valence-electron chi connectivity index (χ0n) is 17.5. The van der Waals surface area contributed by atoms with E-state index < -0.39 is 10.0 Å². The fourth-order valence-corrected chi connectivity index (χ4v) is 5.60. The number of fused-ring (bicyclic) bond motifs is 1.